The Morgan fingerprint density at radius 1 is 1.14 bits per heavy atom. The SMILES string of the molecule is COc1cc(CCN)cc(OC)c1OCc1ccc(Br)s1. The minimum Gasteiger partial charge on any atom is -0.493 e. The number of hydrogen-bond donors (Lipinski definition) is 1. The molecule has 0 aliphatic rings. The second kappa shape index (κ2) is 7.68. The zero-order valence-corrected chi connectivity index (χ0v) is 14.4. The van der Waals surface area contributed by atoms with Gasteiger partial charge in [0.15, 0.2) is 11.5 Å². The monoisotopic (exact) mass is 371 g/mol. The molecule has 1 aromatic carbocycles. The van der Waals surface area contributed by atoms with Gasteiger partial charge in [-0.1, -0.05) is 0 Å². The lowest BCUT2D eigenvalue weighted by atomic mass is 10.1. The summed E-state index contributed by atoms with van der Waals surface area (Å²) >= 11 is 5.08. The molecule has 0 fully saturated rings. The Kier molecular flexibility index (Phi) is 5.90. The molecule has 0 spiro atoms. The Hall–Kier alpha value is -1.24. The van der Waals surface area contributed by atoms with Crippen molar-refractivity contribution in [2.24, 2.45) is 5.73 Å². The van der Waals surface area contributed by atoms with E-state index in [4.69, 9.17) is 19.9 Å². The van der Waals surface area contributed by atoms with Crippen LogP contribution < -0.4 is 19.9 Å². The molecule has 0 aliphatic heterocycles. The van der Waals surface area contributed by atoms with E-state index in [1.807, 2.05) is 24.3 Å². The van der Waals surface area contributed by atoms with Crippen LogP contribution in [0.3, 0.4) is 0 Å². The summed E-state index contributed by atoms with van der Waals surface area (Å²) in [4.78, 5) is 1.12. The number of rotatable bonds is 7. The Morgan fingerprint density at radius 2 is 1.81 bits per heavy atom. The summed E-state index contributed by atoms with van der Waals surface area (Å²) in [5.74, 6) is 1.94. The number of halogens is 1. The highest BCUT2D eigenvalue weighted by molar-refractivity contribution is 9.11. The topological polar surface area (TPSA) is 53.7 Å². The standard InChI is InChI=1S/C15H18BrNO3S/c1-18-12-7-10(5-6-17)8-13(19-2)15(12)20-9-11-3-4-14(16)21-11/h3-4,7-8H,5-6,9,17H2,1-2H3. The van der Waals surface area contributed by atoms with E-state index >= 15 is 0 Å². The van der Waals surface area contributed by atoms with Gasteiger partial charge in [0.1, 0.15) is 6.61 Å². The molecule has 0 bridgehead atoms. The Balaban J connectivity index is 2.23. The van der Waals surface area contributed by atoms with Crippen molar-refractivity contribution in [2.75, 3.05) is 20.8 Å². The fourth-order valence-corrected chi connectivity index (χ4v) is 3.36. The molecule has 2 aromatic rings. The molecular weight excluding hydrogens is 354 g/mol. The molecule has 21 heavy (non-hydrogen) atoms. The van der Waals surface area contributed by atoms with Gasteiger partial charge in [-0.3, -0.25) is 0 Å². The molecule has 0 saturated heterocycles. The molecule has 114 valence electrons. The van der Waals surface area contributed by atoms with Gasteiger partial charge in [0, 0.05) is 4.88 Å². The average molecular weight is 372 g/mol. The number of nitrogens with two attached hydrogens (primary N) is 1. The molecule has 0 unspecified atom stereocenters. The molecule has 6 heteroatoms. The summed E-state index contributed by atoms with van der Waals surface area (Å²) in [7, 11) is 3.24. The van der Waals surface area contributed by atoms with E-state index in [0.717, 1.165) is 20.6 Å². The van der Waals surface area contributed by atoms with Gasteiger partial charge in [0.25, 0.3) is 0 Å². The lowest BCUT2D eigenvalue weighted by Crippen LogP contribution is -2.05. The summed E-state index contributed by atoms with van der Waals surface area (Å²) in [5.41, 5.74) is 6.67. The van der Waals surface area contributed by atoms with E-state index in [1.54, 1.807) is 25.6 Å². The third-order valence-corrected chi connectivity index (χ3v) is 4.54. The lowest BCUT2D eigenvalue weighted by Gasteiger charge is -2.15. The molecule has 0 radical (unpaired) electrons. The molecular formula is C15H18BrNO3S. The van der Waals surface area contributed by atoms with E-state index in [0.29, 0.717) is 30.4 Å². The minimum atomic E-state index is 0.471. The number of ether oxygens (including phenoxy) is 3. The third-order valence-electron chi connectivity index (χ3n) is 2.94. The van der Waals surface area contributed by atoms with Crippen LogP contribution in [0.1, 0.15) is 10.4 Å². The van der Waals surface area contributed by atoms with E-state index in [9.17, 15) is 0 Å². The second-order valence-electron chi connectivity index (χ2n) is 4.36. The summed E-state index contributed by atoms with van der Waals surface area (Å²) in [6, 6.07) is 7.91. The fourth-order valence-electron chi connectivity index (χ4n) is 1.96. The molecule has 0 amide bonds. The van der Waals surface area contributed by atoms with E-state index in [2.05, 4.69) is 15.9 Å². The predicted molar refractivity (Wildman–Crippen MR) is 88.7 cm³/mol. The van der Waals surface area contributed by atoms with Gasteiger partial charge in [0.05, 0.1) is 18.0 Å². The maximum Gasteiger partial charge on any atom is 0.203 e. The van der Waals surface area contributed by atoms with Gasteiger partial charge in [-0.05, 0) is 58.7 Å². The molecule has 0 atom stereocenters. The van der Waals surface area contributed by atoms with Crippen molar-refractivity contribution in [1.82, 2.24) is 0 Å². The van der Waals surface area contributed by atoms with Crippen LogP contribution >= 0.6 is 27.3 Å². The molecule has 0 saturated carbocycles. The van der Waals surface area contributed by atoms with Crippen molar-refractivity contribution in [1.29, 1.82) is 0 Å². The summed E-state index contributed by atoms with van der Waals surface area (Å²) in [5, 5.41) is 0. The first kappa shape index (κ1) is 16.1. The van der Waals surface area contributed by atoms with Crippen molar-refractivity contribution in [3.05, 3.63) is 38.5 Å². The highest BCUT2D eigenvalue weighted by Gasteiger charge is 2.14. The average Bonchev–Trinajstić information content (AvgIpc) is 2.90. The molecule has 0 aliphatic carbocycles. The third kappa shape index (κ3) is 4.12. The maximum atomic E-state index is 5.89. The molecule has 1 heterocycles. The van der Waals surface area contributed by atoms with Crippen molar-refractivity contribution in [3.8, 4) is 17.2 Å². The largest absolute Gasteiger partial charge is 0.493 e. The van der Waals surface area contributed by atoms with E-state index in [1.165, 1.54) is 0 Å². The van der Waals surface area contributed by atoms with Crippen LogP contribution in [0.2, 0.25) is 0 Å². The Morgan fingerprint density at radius 3 is 2.29 bits per heavy atom. The summed E-state index contributed by atoms with van der Waals surface area (Å²) < 4.78 is 17.8. The Labute approximate surface area is 137 Å². The highest BCUT2D eigenvalue weighted by atomic mass is 79.9. The molecule has 1 aromatic heterocycles. The number of thiophene rings is 1. The Bertz CT molecular complexity index is 575. The first-order valence-corrected chi connectivity index (χ1v) is 8.11. The van der Waals surface area contributed by atoms with Crippen LogP contribution in [0.5, 0.6) is 17.2 Å². The first-order valence-electron chi connectivity index (χ1n) is 6.50. The molecule has 4 nitrogen and oxygen atoms in total. The van der Waals surface area contributed by atoms with Gasteiger partial charge in [-0.25, -0.2) is 0 Å². The van der Waals surface area contributed by atoms with Crippen molar-refractivity contribution >= 4 is 27.3 Å². The number of benzene rings is 1. The fraction of sp³-hybridized carbons (Fsp3) is 0.333. The second-order valence-corrected chi connectivity index (χ2v) is 6.91. The maximum absolute atomic E-state index is 5.89. The zero-order valence-electron chi connectivity index (χ0n) is 12.0. The lowest BCUT2D eigenvalue weighted by molar-refractivity contribution is 0.268. The molecule has 2 N–H and O–H groups in total. The van der Waals surface area contributed by atoms with Gasteiger partial charge in [-0.2, -0.15) is 0 Å². The molecule has 2 rings (SSSR count). The van der Waals surface area contributed by atoms with Crippen molar-refractivity contribution in [3.63, 3.8) is 0 Å². The van der Waals surface area contributed by atoms with Crippen molar-refractivity contribution < 1.29 is 14.2 Å². The normalized spacial score (nSPS) is 10.5. The van der Waals surface area contributed by atoms with Crippen molar-refractivity contribution in [2.45, 2.75) is 13.0 Å². The van der Waals surface area contributed by atoms with Crippen LogP contribution in [0.25, 0.3) is 0 Å². The number of hydrogen-bond acceptors (Lipinski definition) is 5. The zero-order chi connectivity index (χ0) is 15.2. The van der Waals surface area contributed by atoms with Crippen LogP contribution in [-0.4, -0.2) is 20.8 Å². The van der Waals surface area contributed by atoms with Crippen LogP contribution in [-0.2, 0) is 13.0 Å². The summed E-state index contributed by atoms with van der Waals surface area (Å²) in [6.45, 7) is 1.05. The van der Waals surface area contributed by atoms with Crippen LogP contribution in [0.4, 0.5) is 0 Å². The summed E-state index contributed by atoms with van der Waals surface area (Å²) in [6.07, 6.45) is 0.769. The smallest absolute Gasteiger partial charge is 0.203 e. The van der Waals surface area contributed by atoms with Gasteiger partial charge in [0.2, 0.25) is 5.75 Å². The highest BCUT2D eigenvalue weighted by Crippen LogP contribution is 2.39. The van der Waals surface area contributed by atoms with Gasteiger partial charge < -0.3 is 19.9 Å². The number of methoxy groups -OCH3 is 2. The van der Waals surface area contributed by atoms with E-state index in [-0.39, 0.29) is 0 Å². The van der Waals surface area contributed by atoms with Gasteiger partial charge >= 0.3 is 0 Å². The predicted octanol–water partition coefficient (Wildman–Crippen LogP) is 3.61. The van der Waals surface area contributed by atoms with E-state index < -0.39 is 0 Å². The minimum absolute atomic E-state index is 0.471. The van der Waals surface area contributed by atoms with Crippen LogP contribution in [0.15, 0.2) is 28.1 Å². The quantitative estimate of drug-likeness (QED) is 0.807. The van der Waals surface area contributed by atoms with Crippen LogP contribution in [0, 0.1) is 0 Å². The first-order chi connectivity index (χ1) is 10.2. The van der Waals surface area contributed by atoms with Gasteiger partial charge in [-0.15, -0.1) is 11.3 Å².